The van der Waals surface area contributed by atoms with E-state index in [0.29, 0.717) is 0 Å². The van der Waals surface area contributed by atoms with E-state index in [4.69, 9.17) is 5.84 Å². The zero-order chi connectivity index (χ0) is 11.5. The molecule has 0 radical (unpaired) electrons. The van der Waals surface area contributed by atoms with Crippen molar-refractivity contribution in [1.82, 2.24) is 9.73 Å². The Morgan fingerprint density at radius 3 is 2.80 bits per heavy atom. The van der Waals surface area contributed by atoms with Crippen LogP contribution in [-0.2, 0) is 14.8 Å². The molecule has 8 heteroatoms. The smallest absolute Gasteiger partial charge is 0.252 e. The number of hydrazine groups is 1. The van der Waals surface area contributed by atoms with Crippen molar-refractivity contribution in [2.24, 2.45) is 5.84 Å². The highest BCUT2D eigenvalue weighted by Crippen LogP contribution is 2.19. The van der Waals surface area contributed by atoms with Crippen molar-refractivity contribution in [2.75, 3.05) is 13.6 Å². The monoisotopic (exact) mass is 249 g/mol. The maximum atomic E-state index is 11.8. The summed E-state index contributed by atoms with van der Waals surface area (Å²) in [6.07, 6.45) is 0. The lowest BCUT2D eigenvalue weighted by Crippen LogP contribution is -2.40. The average molecular weight is 249 g/mol. The summed E-state index contributed by atoms with van der Waals surface area (Å²) >= 11 is 1.10. The van der Waals surface area contributed by atoms with Gasteiger partial charge in [0.15, 0.2) is 0 Å². The van der Waals surface area contributed by atoms with E-state index in [2.05, 4.69) is 0 Å². The number of nitrogens with zero attached hydrogens (tertiary/aromatic N) is 1. The number of carbonyl (C=O) groups is 1. The van der Waals surface area contributed by atoms with Gasteiger partial charge in [-0.25, -0.2) is 14.3 Å². The second-order valence-corrected chi connectivity index (χ2v) is 5.98. The molecule has 0 spiro atoms. The molecule has 1 aromatic rings. The maximum absolute atomic E-state index is 11.8. The van der Waals surface area contributed by atoms with E-state index in [1.807, 2.05) is 5.43 Å². The molecule has 1 aromatic heterocycles. The first-order valence-corrected chi connectivity index (χ1v) is 6.29. The lowest BCUT2D eigenvalue weighted by Gasteiger charge is -2.14. The first kappa shape index (κ1) is 12.1. The van der Waals surface area contributed by atoms with Crippen LogP contribution in [0.5, 0.6) is 0 Å². The van der Waals surface area contributed by atoms with E-state index in [1.54, 1.807) is 11.4 Å². The van der Waals surface area contributed by atoms with Gasteiger partial charge in [-0.1, -0.05) is 6.07 Å². The third-order valence-electron chi connectivity index (χ3n) is 1.69. The summed E-state index contributed by atoms with van der Waals surface area (Å²) in [6, 6.07) is 3.12. The summed E-state index contributed by atoms with van der Waals surface area (Å²) in [5, 5.41) is 1.66. The van der Waals surface area contributed by atoms with Gasteiger partial charge in [0, 0.05) is 7.05 Å². The lowest BCUT2D eigenvalue weighted by atomic mass is 10.6. The van der Waals surface area contributed by atoms with E-state index < -0.39 is 15.9 Å². The molecular weight excluding hydrogens is 238 g/mol. The Bertz CT molecular complexity index is 426. The molecule has 0 bridgehead atoms. The molecule has 15 heavy (non-hydrogen) atoms. The van der Waals surface area contributed by atoms with Crippen molar-refractivity contribution in [3.8, 4) is 0 Å². The number of rotatable bonds is 4. The molecule has 0 aromatic carbocycles. The first-order valence-electron chi connectivity index (χ1n) is 3.97. The largest absolute Gasteiger partial charge is 0.293 e. The maximum Gasteiger partial charge on any atom is 0.252 e. The Hall–Kier alpha value is -0.960. The molecule has 0 atom stereocenters. The first-order chi connectivity index (χ1) is 6.98. The molecule has 0 unspecified atom stereocenters. The lowest BCUT2D eigenvalue weighted by molar-refractivity contribution is -0.121. The minimum atomic E-state index is -3.57. The normalized spacial score (nSPS) is 11.7. The molecule has 1 rings (SSSR count). The van der Waals surface area contributed by atoms with Crippen molar-refractivity contribution in [3.05, 3.63) is 17.5 Å². The second-order valence-electron chi connectivity index (χ2n) is 2.76. The zero-order valence-corrected chi connectivity index (χ0v) is 9.64. The zero-order valence-electron chi connectivity index (χ0n) is 8.00. The summed E-state index contributed by atoms with van der Waals surface area (Å²) in [6.45, 7) is -0.295. The van der Waals surface area contributed by atoms with Crippen LogP contribution < -0.4 is 11.3 Å². The van der Waals surface area contributed by atoms with Crippen LogP contribution in [0.3, 0.4) is 0 Å². The predicted octanol–water partition coefficient (Wildman–Crippen LogP) is -0.642. The van der Waals surface area contributed by atoms with Crippen LogP contribution >= 0.6 is 11.3 Å². The molecule has 84 valence electrons. The van der Waals surface area contributed by atoms with Crippen molar-refractivity contribution in [1.29, 1.82) is 0 Å². The molecule has 0 aliphatic rings. The van der Waals surface area contributed by atoms with Crippen LogP contribution in [0.1, 0.15) is 0 Å². The third-order valence-corrected chi connectivity index (χ3v) is 4.86. The third kappa shape index (κ3) is 2.75. The number of amides is 1. The van der Waals surface area contributed by atoms with Gasteiger partial charge in [-0.2, -0.15) is 4.31 Å². The molecule has 0 fully saturated rings. The standard InChI is InChI=1S/C7H11N3O3S2/c1-10(5-6(11)9-8)15(12,13)7-3-2-4-14-7/h2-4H,5,8H2,1H3,(H,9,11). The number of nitrogens with one attached hydrogen (secondary N) is 1. The van der Waals surface area contributed by atoms with Gasteiger partial charge in [-0.05, 0) is 11.4 Å². The fourth-order valence-corrected chi connectivity index (χ4v) is 3.22. The van der Waals surface area contributed by atoms with Crippen LogP contribution in [0.15, 0.2) is 21.7 Å². The van der Waals surface area contributed by atoms with E-state index >= 15 is 0 Å². The molecule has 0 aliphatic carbocycles. The molecular formula is C7H11N3O3S2. The topological polar surface area (TPSA) is 92.5 Å². The van der Waals surface area contributed by atoms with E-state index in [1.165, 1.54) is 13.1 Å². The minimum absolute atomic E-state index is 0.204. The van der Waals surface area contributed by atoms with Gasteiger partial charge in [0.05, 0.1) is 6.54 Å². The number of hydrogen-bond donors (Lipinski definition) is 2. The van der Waals surface area contributed by atoms with Crippen molar-refractivity contribution in [3.63, 3.8) is 0 Å². The van der Waals surface area contributed by atoms with Crippen molar-refractivity contribution >= 4 is 27.3 Å². The highest BCUT2D eigenvalue weighted by Gasteiger charge is 2.23. The summed E-state index contributed by atoms with van der Waals surface area (Å²) in [7, 11) is -2.24. The van der Waals surface area contributed by atoms with Gasteiger partial charge in [-0.15, -0.1) is 11.3 Å². The van der Waals surface area contributed by atoms with Crippen LogP contribution in [0, 0.1) is 0 Å². The van der Waals surface area contributed by atoms with E-state index in [-0.39, 0.29) is 10.8 Å². The van der Waals surface area contributed by atoms with Gasteiger partial charge >= 0.3 is 0 Å². The van der Waals surface area contributed by atoms with Crippen molar-refractivity contribution < 1.29 is 13.2 Å². The Morgan fingerprint density at radius 1 is 1.67 bits per heavy atom. The Balaban J connectivity index is 2.84. The highest BCUT2D eigenvalue weighted by molar-refractivity contribution is 7.91. The second kappa shape index (κ2) is 4.71. The fourth-order valence-electron chi connectivity index (χ4n) is 0.897. The van der Waals surface area contributed by atoms with Crippen molar-refractivity contribution in [2.45, 2.75) is 4.21 Å². The average Bonchev–Trinajstić information content (AvgIpc) is 2.70. The van der Waals surface area contributed by atoms with Gasteiger partial charge < -0.3 is 0 Å². The molecule has 6 nitrogen and oxygen atoms in total. The molecule has 1 heterocycles. The summed E-state index contributed by atoms with van der Waals surface area (Å²) < 4.78 is 24.7. The van der Waals surface area contributed by atoms with Gasteiger partial charge in [-0.3, -0.25) is 10.2 Å². The molecule has 0 saturated carbocycles. The Morgan fingerprint density at radius 2 is 2.33 bits per heavy atom. The number of nitrogens with two attached hydrogens (primary N) is 1. The van der Waals surface area contributed by atoms with E-state index in [9.17, 15) is 13.2 Å². The quantitative estimate of drug-likeness (QED) is 0.422. The number of thiophene rings is 1. The number of hydrogen-bond acceptors (Lipinski definition) is 5. The van der Waals surface area contributed by atoms with E-state index in [0.717, 1.165) is 15.6 Å². The van der Waals surface area contributed by atoms with Gasteiger partial charge in [0.1, 0.15) is 4.21 Å². The summed E-state index contributed by atoms with van der Waals surface area (Å²) in [4.78, 5) is 10.9. The Labute approximate surface area is 91.7 Å². The molecule has 1 amide bonds. The van der Waals surface area contributed by atoms with Crippen LogP contribution in [0.4, 0.5) is 0 Å². The SMILES string of the molecule is CN(CC(=O)NN)S(=O)(=O)c1cccs1. The predicted molar refractivity (Wildman–Crippen MR) is 56.5 cm³/mol. The fraction of sp³-hybridized carbons (Fsp3) is 0.286. The molecule has 3 N–H and O–H groups in total. The molecule has 0 saturated heterocycles. The number of likely N-dealkylation sites (N-methyl/N-ethyl adjacent to an activating group) is 1. The Kier molecular flexibility index (Phi) is 3.80. The van der Waals surface area contributed by atoms with Gasteiger partial charge in [0.25, 0.3) is 10.0 Å². The summed E-state index contributed by atoms with van der Waals surface area (Å²) in [5.41, 5.74) is 1.87. The van der Waals surface area contributed by atoms with Gasteiger partial charge in [0.2, 0.25) is 5.91 Å². The molecule has 0 aliphatic heterocycles. The summed E-state index contributed by atoms with van der Waals surface area (Å²) in [5.74, 6) is 4.31. The van der Waals surface area contributed by atoms with Crippen LogP contribution in [-0.4, -0.2) is 32.2 Å². The van der Waals surface area contributed by atoms with Crippen LogP contribution in [0.25, 0.3) is 0 Å². The number of sulfonamides is 1. The van der Waals surface area contributed by atoms with Crippen LogP contribution in [0.2, 0.25) is 0 Å². The highest BCUT2D eigenvalue weighted by atomic mass is 32.2. The number of carbonyl (C=O) groups excluding carboxylic acids is 1. The minimum Gasteiger partial charge on any atom is -0.293 e.